The molecule has 0 aliphatic rings. The van der Waals surface area contributed by atoms with E-state index in [9.17, 15) is 13.2 Å². The summed E-state index contributed by atoms with van der Waals surface area (Å²) in [5, 5.41) is 11.8. The molecule has 0 amide bonds. The minimum Gasteiger partial charge on any atom is -0.338 e. The monoisotopic (exact) mass is 419 g/mol. The lowest BCUT2D eigenvalue weighted by molar-refractivity contribution is -0.137. The molecule has 21 heavy (non-hydrogen) atoms. The van der Waals surface area contributed by atoms with Gasteiger partial charge in [-0.15, -0.1) is 0 Å². The molecule has 0 unspecified atom stereocenters. The van der Waals surface area contributed by atoms with Gasteiger partial charge in [0.2, 0.25) is 0 Å². The van der Waals surface area contributed by atoms with Gasteiger partial charge in [-0.2, -0.15) is 18.4 Å². The van der Waals surface area contributed by atoms with Crippen molar-refractivity contribution in [3.63, 3.8) is 0 Å². The van der Waals surface area contributed by atoms with Gasteiger partial charge in [-0.25, -0.2) is 4.98 Å². The molecule has 0 aliphatic heterocycles. The van der Waals surface area contributed by atoms with Gasteiger partial charge in [0.15, 0.2) is 0 Å². The molecule has 2 aromatic rings. The highest BCUT2D eigenvalue weighted by atomic mass is 79.9. The van der Waals surface area contributed by atoms with E-state index in [1.807, 2.05) is 0 Å². The van der Waals surface area contributed by atoms with Crippen LogP contribution in [0, 0.1) is 11.3 Å². The second-order valence-electron chi connectivity index (χ2n) is 3.98. The highest BCUT2D eigenvalue weighted by Gasteiger charge is 2.31. The maximum absolute atomic E-state index is 12.6. The van der Waals surface area contributed by atoms with Gasteiger partial charge in [0, 0.05) is 10.7 Å². The van der Waals surface area contributed by atoms with E-state index in [1.54, 1.807) is 12.1 Å². The quantitative estimate of drug-likeness (QED) is 0.722. The number of aromatic nitrogens is 1. The van der Waals surface area contributed by atoms with E-state index in [-0.39, 0.29) is 11.3 Å². The molecule has 3 nitrogen and oxygen atoms in total. The van der Waals surface area contributed by atoms with Gasteiger partial charge in [0.1, 0.15) is 11.9 Å². The van der Waals surface area contributed by atoms with Crippen LogP contribution in [0.15, 0.2) is 39.4 Å². The van der Waals surface area contributed by atoms with Crippen molar-refractivity contribution in [3.8, 4) is 6.07 Å². The predicted molar refractivity (Wildman–Crippen MR) is 79.1 cm³/mol. The Hall–Kier alpha value is -1.59. The van der Waals surface area contributed by atoms with Crippen LogP contribution in [-0.2, 0) is 6.18 Å². The fourth-order valence-corrected chi connectivity index (χ4v) is 2.64. The van der Waals surface area contributed by atoms with E-state index in [0.29, 0.717) is 10.3 Å². The Balaban J connectivity index is 2.39. The predicted octanol–water partition coefficient (Wildman–Crippen LogP) is 5.24. The second kappa shape index (κ2) is 6.03. The van der Waals surface area contributed by atoms with Crippen LogP contribution >= 0.6 is 31.9 Å². The average Bonchev–Trinajstić information content (AvgIpc) is 2.41. The lowest BCUT2D eigenvalue weighted by atomic mass is 10.1. The summed E-state index contributed by atoms with van der Waals surface area (Å²) in [7, 11) is 0. The van der Waals surface area contributed by atoms with Gasteiger partial charge in [-0.3, -0.25) is 0 Å². The van der Waals surface area contributed by atoms with Crippen molar-refractivity contribution in [2.45, 2.75) is 6.18 Å². The van der Waals surface area contributed by atoms with Gasteiger partial charge in [-0.1, -0.05) is 0 Å². The first-order valence-electron chi connectivity index (χ1n) is 5.50. The first-order valence-corrected chi connectivity index (χ1v) is 7.09. The zero-order valence-electron chi connectivity index (χ0n) is 10.2. The zero-order valence-corrected chi connectivity index (χ0v) is 13.3. The number of nitrogens with zero attached hydrogens (tertiary/aromatic N) is 2. The minimum absolute atomic E-state index is 0.110. The zero-order chi connectivity index (χ0) is 15.6. The normalized spacial score (nSPS) is 11.0. The molecule has 2 rings (SSSR count). The van der Waals surface area contributed by atoms with Crippen LogP contribution < -0.4 is 5.32 Å². The van der Waals surface area contributed by atoms with Crippen molar-refractivity contribution in [2.75, 3.05) is 5.32 Å². The van der Waals surface area contributed by atoms with Crippen LogP contribution in [0.1, 0.15) is 11.1 Å². The molecule has 0 saturated carbocycles. The number of hydrogen-bond acceptors (Lipinski definition) is 3. The number of alkyl halides is 3. The number of benzene rings is 1. The summed E-state index contributed by atoms with van der Waals surface area (Å²) >= 11 is 6.52. The Kier molecular flexibility index (Phi) is 4.54. The van der Waals surface area contributed by atoms with E-state index in [0.717, 1.165) is 16.6 Å². The highest BCUT2D eigenvalue weighted by molar-refractivity contribution is 9.11. The van der Waals surface area contributed by atoms with Gasteiger partial charge < -0.3 is 5.32 Å². The van der Waals surface area contributed by atoms with Gasteiger partial charge in [0.25, 0.3) is 0 Å². The molecule has 0 aliphatic carbocycles. The Morgan fingerprint density at radius 3 is 2.48 bits per heavy atom. The maximum atomic E-state index is 12.6. The molecule has 0 saturated heterocycles. The van der Waals surface area contributed by atoms with Gasteiger partial charge >= 0.3 is 6.18 Å². The maximum Gasteiger partial charge on any atom is 0.416 e. The summed E-state index contributed by atoms with van der Waals surface area (Å²) in [6.07, 6.45) is -2.95. The van der Waals surface area contributed by atoms with E-state index in [2.05, 4.69) is 42.2 Å². The SMILES string of the molecule is N#Cc1cc(C(F)(F)F)ccc1Nc1ncc(Br)cc1Br. The first-order chi connectivity index (χ1) is 9.81. The lowest BCUT2D eigenvalue weighted by Crippen LogP contribution is -2.06. The third-order valence-electron chi connectivity index (χ3n) is 2.53. The number of nitriles is 1. The molecule has 0 bridgehead atoms. The molecule has 0 radical (unpaired) electrons. The third-order valence-corrected chi connectivity index (χ3v) is 3.57. The molecular weight excluding hydrogens is 415 g/mol. The topological polar surface area (TPSA) is 48.7 Å². The molecule has 1 aromatic carbocycles. The van der Waals surface area contributed by atoms with Gasteiger partial charge in [0.05, 0.1) is 21.3 Å². The van der Waals surface area contributed by atoms with E-state index in [4.69, 9.17) is 5.26 Å². The van der Waals surface area contributed by atoms with E-state index < -0.39 is 11.7 Å². The van der Waals surface area contributed by atoms with Crippen molar-refractivity contribution in [2.24, 2.45) is 0 Å². The molecule has 1 aromatic heterocycles. The molecule has 0 fully saturated rings. The van der Waals surface area contributed by atoms with Gasteiger partial charge in [-0.05, 0) is 56.1 Å². The summed E-state index contributed by atoms with van der Waals surface area (Å²) in [5.41, 5.74) is -0.727. The van der Waals surface area contributed by atoms with Crippen molar-refractivity contribution in [1.29, 1.82) is 5.26 Å². The lowest BCUT2D eigenvalue weighted by Gasteiger charge is -2.12. The fourth-order valence-electron chi connectivity index (χ4n) is 1.56. The Bertz CT molecular complexity index is 724. The van der Waals surface area contributed by atoms with Crippen molar-refractivity contribution in [3.05, 3.63) is 50.5 Å². The molecule has 8 heteroatoms. The van der Waals surface area contributed by atoms with Crippen LogP contribution in [0.3, 0.4) is 0 Å². The number of pyridine rings is 1. The third kappa shape index (κ3) is 3.74. The number of hydrogen-bond donors (Lipinski definition) is 1. The standard InChI is InChI=1S/C13H6Br2F3N3/c14-9-4-10(15)12(20-6-9)21-11-2-1-8(13(16,17)18)3-7(11)5-19/h1-4,6H,(H,20,21). The average molecular weight is 421 g/mol. The highest BCUT2D eigenvalue weighted by Crippen LogP contribution is 2.33. The number of nitrogens with one attached hydrogen (secondary N) is 1. The molecule has 0 spiro atoms. The molecule has 1 N–H and O–H groups in total. The van der Waals surface area contributed by atoms with E-state index >= 15 is 0 Å². The molecule has 1 heterocycles. The Labute approximate surface area is 135 Å². The first kappa shape index (κ1) is 15.8. The fraction of sp³-hybridized carbons (Fsp3) is 0.0769. The summed E-state index contributed by atoms with van der Waals surface area (Å²) in [6.45, 7) is 0. The number of anilines is 2. The van der Waals surface area contributed by atoms with Crippen LogP contribution in [0.2, 0.25) is 0 Å². The molecular formula is C13H6Br2F3N3. The largest absolute Gasteiger partial charge is 0.416 e. The van der Waals surface area contributed by atoms with E-state index in [1.165, 1.54) is 12.3 Å². The smallest absolute Gasteiger partial charge is 0.338 e. The van der Waals surface area contributed by atoms with Crippen LogP contribution in [-0.4, -0.2) is 4.98 Å². The van der Waals surface area contributed by atoms with Crippen LogP contribution in [0.5, 0.6) is 0 Å². The van der Waals surface area contributed by atoms with Crippen molar-refractivity contribution < 1.29 is 13.2 Å². The summed E-state index contributed by atoms with van der Waals surface area (Å²) < 4.78 is 39.2. The molecule has 108 valence electrons. The van der Waals surface area contributed by atoms with Crippen molar-refractivity contribution in [1.82, 2.24) is 4.98 Å². The molecule has 0 atom stereocenters. The van der Waals surface area contributed by atoms with Crippen LogP contribution in [0.25, 0.3) is 0 Å². The summed E-state index contributed by atoms with van der Waals surface area (Å²) in [6, 6.07) is 6.39. The Morgan fingerprint density at radius 2 is 1.90 bits per heavy atom. The number of halogens is 5. The van der Waals surface area contributed by atoms with Crippen LogP contribution in [0.4, 0.5) is 24.7 Å². The minimum atomic E-state index is -4.49. The van der Waals surface area contributed by atoms with Crippen molar-refractivity contribution >= 4 is 43.4 Å². The Morgan fingerprint density at radius 1 is 1.19 bits per heavy atom. The summed E-state index contributed by atoms with van der Waals surface area (Å²) in [4.78, 5) is 4.08. The second-order valence-corrected chi connectivity index (χ2v) is 5.75. The number of rotatable bonds is 2. The summed E-state index contributed by atoms with van der Waals surface area (Å²) in [5.74, 6) is 0.398.